The van der Waals surface area contributed by atoms with Crippen LogP contribution in [0.2, 0.25) is 0 Å². The van der Waals surface area contributed by atoms with Crippen LogP contribution in [0.5, 0.6) is 0 Å². The normalized spacial score (nSPS) is 12.3. The van der Waals surface area contributed by atoms with Crippen molar-refractivity contribution >= 4 is 11.5 Å². The van der Waals surface area contributed by atoms with Gasteiger partial charge in [-0.1, -0.05) is 13.3 Å². The number of hydrogen-bond donors (Lipinski definition) is 3. The number of nitrogens with two attached hydrogens (primary N) is 1. The van der Waals surface area contributed by atoms with Gasteiger partial charge < -0.3 is 15.5 Å². The summed E-state index contributed by atoms with van der Waals surface area (Å²) in [5.41, 5.74) is 5.16. The zero-order chi connectivity index (χ0) is 15.4. The smallest absolute Gasteiger partial charge is 0.330 e. The van der Waals surface area contributed by atoms with E-state index < -0.39 is 11.2 Å². The zero-order valence-electron chi connectivity index (χ0n) is 12.2. The third-order valence-electron chi connectivity index (χ3n) is 3.31. The summed E-state index contributed by atoms with van der Waals surface area (Å²) in [6.45, 7) is 4.34. The first-order chi connectivity index (χ1) is 10.0. The summed E-state index contributed by atoms with van der Waals surface area (Å²) in [6.07, 6.45) is 3.29. The van der Waals surface area contributed by atoms with Crippen LogP contribution in [-0.2, 0) is 6.54 Å². The first kappa shape index (κ1) is 15.0. The maximum absolute atomic E-state index is 11.9. The molecule has 0 amide bonds. The topological polar surface area (TPSA) is 106 Å². The molecule has 2 rings (SSSR count). The fraction of sp³-hybridized carbons (Fsp3) is 0.429. The lowest BCUT2D eigenvalue weighted by atomic mass is 10.2. The van der Waals surface area contributed by atoms with E-state index in [1.54, 1.807) is 18.4 Å². The van der Waals surface area contributed by atoms with Crippen LogP contribution < -0.4 is 22.3 Å². The van der Waals surface area contributed by atoms with Gasteiger partial charge in [0.1, 0.15) is 17.3 Å². The minimum absolute atomic E-state index is 0.149. The van der Waals surface area contributed by atoms with E-state index in [2.05, 4.69) is 10.3 Å². The van der Waals surface area contributed by atoms with Crippen molar-refractivity contribution in [2.75, 3.05) is 11.1 Å². The van der Waals surface area contributed by atoms with E-state index in [1.165, 1.54) is 4.57 Å². The minimum atomic E-state index is -0.524. The molecule has 1 unspecified atom stereocenters. The van der Waals surface area contributed by atoms with E-state index in [0.29, 0.717) is 12.3 Å². The lowest BCUT2D eigenvalue weighted by Crippen LogP contribution is -2.34. The number of H-pyrrole nitrogens is 1. The molecule has 1 atom stereocenters. The minimum Gasteiger partial charge on any atom is -0.467 e. The van der Waals surface area contributed by atoms with Crippen LogP contribution in [0.3, 0.4) is 0 Å². The second-order valence-electron chi connectivity index (χ2n) is 4.91. The molecular formula is C14H20N4O3. The third-order valence-corrected chi connectivity index (χ3v) is 3.31. The van der Waals surface area contributed by atoms with Gasteiger partial charge in [0.05, 0.1) is 12.3 Å². The van der Waals surface area contributed by atoms with Gasteiger partial charge in [0.2, 0.25) is 0 Å². The molecule has 0 saturated heterocycles. The highest BCUT2D eigenvalue weighted by molar-refractivity contribution is 5.61. The Morgan fingerprint density at radius 1 is 1.48 bits per heavy atom. The molecule has 114 valence electrons. The number of hydrogen-bond acceptors (Lipinski definition) is 5. The molecule has 4 N–H and O–H groups in total. The number of nitrogens with one attached hydrogen (secondary N) is 2. The summed E-state index contributed by atoms with van der Waals surface area (Å²) in [4.78, 5) is 26.1. The molecule has 0 radical (unpaired) electrons. The number of furan rings is 1. The van der Waals surface area contributed by atoms with E-state index in [1.807, 2.05) is 13.8 Å². The standard InChI is InChI=1S/C14H20N4O3/c1-3-4-7-18-12(15)11(13(19)17-14(18)20)16-9(2)10-6-5-8-21-10/h5-6,8-9,16H,3-4,7,15H2,1-2H3,(H,17,19,20). The van der Waals surface area contributed by atoms with E-state index in [9.17, 15) is 9.59 Å². The lowest BCUT2D eigenvalue weighted by molar-refractivity contribution is 0.490. The number of aromatic nitrogens is 2. The van der Waals surface area contributed by atoms with Crippen molar-refractivity contribution in [3.63, 3.8) is 0 Å². The highest BCUT2D eigenvalue weighted by Crippen LogP contribution is 2.20. The summed E-state index contributed by atoms with van der Waals surface area (Å²) in [5, 5.41) is 3.00. The number of unbranched alkanes of at least 4 members (excludes halogenated alkanes) is 1. The van der Waals surface area contributed by atoms with Gasteiger partial charge in [0.25, 0.3) is 5.56 Å². The molecule has 0 fully saturated rings. The maximum Gasteiger partial charge on any atom is 0.330 e. The molecule has 0 aliphatic carbocycles. The van der Waals surface area contributed by atoms with Gasteiger partial charge in [-0.3, -0.25) is 14.3 Å². The van der Waals surface area contributed by atoms with Crippen molar-refractivity contribution in [2.45, 2.75) is 39.3 Å². The Hall–Kier alpha value is -2.44. The van der Waals surface area contributed by atoms with E-state index in [4.69, 9.17) is 10.2 Å². The Morgan fingerprint density at radius 2 is 2.24 bits per heavy atom. The zero-order valence-corrected chi connectivity index (χ0v) is 12.2. The molecule has 0 saturated carbocycles. The predicted octanol–water partition coefficient (Wildman–Crippen LogP) is 1.69. The van der Waals surface area contributed by atoms with Crippen LogP contribution in [0.4, 0.5) is 11.5 Å². The van der Waals surface area contributed by atoms with Crippen LogP contribution in [0.25, 0.3) is 0 Å². The van der Waals surface area contributed by atoms with Crippen LogP contribution in [0, 0.1) is 0 Å². The molecule has 0 aliphatic rings. The van der Waals surface area contributed by atoms with Gasteiger partial charge in [-0.2, -0.15) is 0 Å². The Kier molecular flexibility index (Phi) is 4.52. The quantitative estimate of drug-likeness (QED) is 0.751. The van der Waals surface area contributed by atoms with Crippen molar-refractivity contribution < 1.29 is 4.42 Å². The summed E-state index contributed by atoms with van der Waals surface area (Å²) in [6, 6.07) is 3.33. The van der Waals surface area contributed by atoms with Gasteiger partial charge in [-0.05, 0) is 25.5 Å². The maximum atomic E-state index is 11.9. The molecule has 21 heavy (non-hydrogen) atoms. The predicted molar refractivity (Wildman–Crippen MR) is 81.4 cm³/mol. The molecule has 7 heteroatoms. The Balaban J connectivity index is 2.34. The van der Waals surface area contributed by atoms with E-state index in [0.717, 1.165) is 12.8 Å². The largest absolute Gasteiger partial charge is 0.467 e. The molecule has 0 bridgehead atoms. The Morgan fingerprint density at radius 3 is 2.86 bits per heavy atom. The average Bonchev–Trinajstić information content (AvgIpc) is 2.97. The van der Waals surface area contributed by atoms with Crippen molar-refractivity contribution in [3.05, 3.63) is 45.0 Å². The number of nitrogens with zero attached hydrogens (tertiary/aromatic N) is 1. The number of anilines is 2. The van der Waals surface area contributed by atoms with Crippen molar-refractivity contribution in [2.24, 2.45) is 0 Å². The van der Waals surface area contributed by atoms with Crippen LogP contribution in [0.1, 0.15) is 38.5 Å². The van der Waals surface area contributed by atoms with Crippen molar-refractivity contribution in [3.8, 4) is 0 Å². The van der Waals surface area contributed by atoms with Crippen molar-refractivity contribution in [1.29, 1.82) is 0 Å². The summed E-state index contributed by atoms with van der Waals surface area (Å²) >= 11 is 0. The van der Waals surface area contributed by atoms with Crippen LogP contribution >= 0.6 is 0 Å². The molecule has 0 spiro atoms. The van der Waals surface area contributed by atoms with Gasteiger partial charge in [0, 0.05) is 6.54 Å². The van der Waals surface area contributed by atoms with Gasteiger partial charge in [-0.25, -0.2) is 4.79 Å². The second-order valence-corrected chi connectivity index (χ2v) is 4.91. The third kappa shape index (κ3) is 3.18. The van der Waals surface area contributed by atoms with Gasteiger partial charge in [-0.15, -0.1) is 0 Å². The molecule has 0 aromatic carbocycles. The number of aromatic amines is 1. The fourth-order valence-electron chi connectivity index (χ4n) is 2.09. The Bertz CT molecular complexity index is 700. The van der Waals surface area contributed by atoms with E-state index >= 15 is 0 Å². The summed E-state index contributed by atoms with van der Waals surface area (Å²) in [7, 11) is 0. The average molecular weight is 292 g/mol. The van der Waals surface area contributed by atoms with E-state index in [-0.39, 0.29) is 17.5 Å². The van der Waals surface area contributed by atoms with Crippen molar-refractivity contribution in [1.82, 2.24) is 9.55 Å². The molecule has 7 nitrogen and oxygen atoms in total. The van der Waals surface area contributed by atoms with Crippen LogP contribution in [-0.4, -0.2) is 9.55 Å². The first-order valence-corrected chi connectivity index (χ1v) is 6.97. The van der Waals surface area contributed by atoms with Crippen LogP contribution in [0.15, 0.2) is 32.4 Å². The highest BCUT2D eigenvalue weighted by atomic mass is 16.3. The lowest BCUT2D eigenvalue weighted by Gasteiger charge is -2.16. The number of rotatable bonds is 6. The van der Waals surface area contributed by atoms with Gasteiger partial charge in [0.15, 0.2) is 0 Å². The molecule has 2 aromatic rings. The summed E-state index contributed by atoms with van der Waals surface area (Å²) in [5.74, 6) is 0.829. The SMILES string of the molecule is CCCCn1c(N)c(NC(C)c2ccco2)c(=O)[nH]c1=O. The fourth-order valence-corrected chi connectivity index (χ4v) is 2.09. The van der Waals surface area contributed by atoms with Gasteiger partial charge >= 0.3 is 5.69 Å². The monoisotopic (exact) mass is 292 g/mol. The molecular weight excluding hydrogens is 272 g/mol. The molecule has 2 heterocycles. The Labute approximate surface area is 121 Å². The number of nitrogen functional groups attached to an aromatic ring is 1. The molecule has 2 aromatic heterocycles. The first-order valence-electron chi connectivity index (χ1n) is 6.97. The summed E-state index contributed by atoms with van der Waals surface area (Å²) < 4.78 is 6.66. The molecule has 0 aliphatic heterocycles. The highest BCUT2D eigenvalue weighted by Gasteiger charge is 2.16. The second kappa shape index (κ2) is 6.34.